The van der Waals surface area contributed by atoms with Crippen molar-refractivity contribution in [3.8, 4) is 5.75 Å². The molecule has 2 aliphatic rings. The highest BCUT2D eigenvalue weighted by molar-refractivity contribution is 7.63. The molecule has 2 heterocycles. The molecule has 1 aliphatic carbocycles. The number of rotatable bonds is 5. The SMILES string of the molecule is C=P(O)(O)C1CCC2(C1)N(CC)C(=O)c1c(O)c(=O)c(C(=O)NCc3ccc(F)cc3F)cn1N2C. The van der Waals surface area contributed by atoms with Crippen molar-refractivity contribution in [2.45, 2.75) is 44.1 Å². The van der Waals surface area contributed by atoms with Crippen LogP contribution in [0.5, 0.6) is 5.75 Å². The van der Waals surface area contributed by atoms with Gasteiger partial charge in [0.05, 0.1) is 0 Å². The number of aromatic nitrogens is 1. The van der Waals surface area contributed by atoms with Crippen molar-refractivity contribution < 1.29 is 33.3 Å². The van der Waals surface area contributed by atoms with Gasteiger partial charge >= 0.3 is 0 Å². The highest BCUT2D eigenvalue weighted by Crippen LogP contribution is 2.54. The maximum Gasteiger partial charge on any atom is 0.278 e. The van der Waals surface area contributed by atoms with E-state index in [0.29, 0.717) is 18.9 Å². The largest absolute Gasteiger partial charge is 0.502 e. The van der Waals surface area contributed by atoms with E-state index in [4.69, 9.17) is 0 Å². The number of hydrogen-bond donors (Lipinski definition) is 4. The zero-order valence-corrected chi connectivity index (χ0v) is 20.6. The van der Waals surface area contributed by atoms with Crippen molar-refractivity contribution >= 4 is 25.5 Å². The van der Waals surface area contributed by atoms with Gasteiger partial charge in [0.1, 0.15) is 30.2 Å². The molecule has 1 aromatic heterocycles. The van der Waals surface area contributed by atoms with Crippen LogP contribution in [0.3, 0.4) is 0 Å². The molecule has 194 valence electrons. The number of hydrogen-bond acceptors (Lipinski definition) is 7. The average Bonchev–Trinajstić information content (AvgIpc) is 3.25. The van der Waals surface area contributed by atoms with Gasteiger partial charge in [0.25, 0.3) is 11.8 Å². The van der Waals surface area contributed by atoms with Crippen LogP contribution in [0.4, 0.5) is 8.78 Å². The second kappa shape index (κ2) is 9.02. The lowest BCUT2D eigenvalue weighted by atomic mass is 10.0. The minimum atomic E-state index is -3.45. The third-order valence-corrected chi connectivity index (χ3v) is 8.69. The minimum absolute atomic E-state index is 0.0122. The highest BCUT2D eigenvalue weighted by Gasteiger charge is 2.55. The molecule has 2 unspecified atom stereocenters. The molecule has 1 fully saturated rings. The Morgan fingerprint density at radius 1 is 1.31 bits per heavy atom. The number of fused-ring (bicyclic) bond motifs is 1. The maximum atomic E-state index is 13.9. The van der Waals surface area contributed by atoms with Crippen LogP contribution < -0.4 is 15.8 Å². The fourth-order valence-corrected chi connectivity index (χ4v) is 6.25. The third-order valence-electron chi connectivity index (χ3n) is 7.08. The van der Waals surface area contributed by atoms with E-state index in [2.05, 4.69) is 11.6 Å². The molecule has 0 bridgehead atoms. The molecule has 36 heavy (non-hydrogen) atoms. The monoisotopic (exact) mass is 524 g/mol. The molecule has 4 N–H and O–H groups in total. The van der Waals surface area contributed by atoms with Crippen LogP contribution in [0.25, 0.3) is 0 Å². The molecule has 4 rings (SSSR count). The predicted octanol–water partition coefficient (Wildman–Crippen LogP) is 1.32. The van der Waals surface area contributed by atoms with E-state index in [-0.39, 0.29) is 30.8 Å². The van der Waals surface area contributed by atoms with Crippen molar-refractivity contribution in [3.05, 3.63) is 63.1 Å². The molecule has 2 amide bonds. The fourth-order valence-electron chi connectivity index (χ4n) is 5.12. The van der Waals surface area contributed by atoms with Crippen molar-refractivity contribution in [3.63, 3.8) is 0 Å². The summed E-state index contributed by atoms with van der Waals surface area (Å²) in [7, 11) is -1.84. The molecule has 1 spiro atoms. The lowest BCUT2D eigenvalue weighted by Crippen LogP contribution is -2.68. The summed E-state index contributed by atoms with van der Waals surface area (Å²) in [6, 6.07) is 2.85. The van der Waals surface area contributed by atoms with Gasteiger partial charge < -0.3 is 25.1 Å². The topological polar surface area (TPSA) is 135 Å². The van der Waals surface area contributed by atoms with Gasteiger partial charge in [-0.15, -0.1) is 0 Å². The first-order valence-electron chi connectivity index (χ1n) is 11.3. The third kappa shape index (κ3) is 4.08. The first-order valence-corrected chi connectivity index (χ1v) is 13.2. The van der Waals surface area contributed by atoms with E-state index in [1.807, 2.05) is 0 Å². The number of nitrogens with one attached hydrogen (secondary N) is 1. The summed E-state index contributed by atoms with van der Waals surface area (Å²) >= 11 is 0. The highest BCUT2D eigenvalue weighted by atomic mass is 31.2. The Morgan fingerprint density at radius 2 is 2.00 bits per heavy atom. The Bertz CT molecular complexity index is 1360. The van der Waals surface area contributed by atoms with Crippen LogP contribution in [-0.2, 0) is 6.54 Å². The Morgan fingerprint density at radius 3 is 2.58 bits per heavy atom. The number of aromatic hydroxyl groups is 1. The summed E-state index contributed by atoms with van der Waals surface area (Å²) in [5.41, 5.74) is -3.47. The molecule has 10 nitrogen and oxygen atoms in total. The van der Waals surface area contributed by atoms with Crippen molar-refractivity contribution in [2.24, 2.45) is 0 Å². The van der Waals surface area contributed by atoms with Crippen LogP contribution in [0.2, 0.25) is 0 Å². The Labute approximate surface area is 205 Å². The lowest BCUT2D eigenvalue weighted by molar-refractivity contribution is 0.0320. The quantitative estimate of drug-likeness (QED) is 0.434. The van der Waals surface area contributed by atoms with Crippen LogP contribution in [-0.4, -0.2) is 67.5 Å². The Hall–Kier alpha value is -3.21. The number of amides is 2. The first-order chi connectivity index (χ1) is 16.8. The van der Waals surface area contributed by atoms with Gasteiger partial charge in [-0.25, -0.2) is 8.78 Å². The van der Waals surface area contributed by atoms with E-state index < -0.39 is 58.9 Å². The smallest absolute Gasteiger partial charge is 0.278 e. The van der Waals surface area contributed by atoms with E-state index >= 15 is 0 Å². The number of halogens is 2. The van der Waals surface area contributed by atoms with Gasteiger partial charge in [-0.05, 0) is 25.8 Å². The summed E-state index contributed by atoms with van der Waals surface area (Å²) < 4.78 is 28.3. The summed E-state index contributed by atoms with van der Waals surface area (Å²) in [6.07, 6.45) is 5.56. The molecule has 2 aromatic rings. The van der Waals surface area contributed by atoms with Gasteiger partial charge in [-0.2, -0.15) is 0 Å². The maximum absolute atomic E-state index is 13.9. The fraction of sp³-hybridized carbons (Fsp3) is 0.391. The second-order valence-electron chi connectivity index (χ2n) is 9.07. The van der Waals surface area contributed by atoms with Crippen molar-refractivity contribution in [1.29, 1.82) is 0 Å². The molecule has 0 saturated heterocycles. The van der Waals surface area contributed by atoms with Gasteiger partial charge in [-0.3, -0.25) is 24.1 Å². The van der Waals surface area contributed by atoms with Gasteiger partial charge in [0.15, 0.2) is 11.4 Å². The zero-order valence-electron chi connectivity index (χ0n) is 19.7. The van der Waals surface area contributed by atoms with Crippen LogP contribution >= 0.6 is 7.34 Å². The normalized spacial score (nSPS) is 21.7. The van der Waals surface area contributed by atoms with E-state index in [1.54, 1.807) is 19.0 Å². The van der Waals surface area contributed by atoms with Gasteiger partial charge in [-0.1, -0.05) is 12.4 Å². The molecule has 2 atom stereocenters. The molecule has 1 saturated carbocycles. The predicted molar refractivity (Wildman–Crippen MR) is 130 cm³/mol. The van der Waals surface area contributed by atoms with Crippen molar-refractivity contribution in [1.82, 2.24) is 14.9 Å². The number of pyridine rings is 1. The summed E-state index contributed by atoms with van der Waals surface area (Å²) in [5, 5.41) is 14.6. The summed E-state index contributed by atoms with van der Waals surface area (Å²) in [5.74, 6) is -4.15. The average molecular weight is 524 g/mol. The molecular formula is C23H27F2N4O6P. The number of carbonyl (C=O) groups is 2. The standard InChI is InChI=1S/C23H27F2N4O6P/c1-4-28-22(33)18-20(31)19(30)16(21(32)26-11-13-5-6-14(24)9-17(13)25)12-29(18)27(2)23(28)8-7-15(10-23)36(3,34)35/h5-6,9,12,15,31,34-35H,3-4,7-8,10-11H2,1-2H3,(H,26,32). The lowest BCUT2D eigenvalue weighted by Gasteiger charge is -2.52. The summed E-state index contributed by atoms with van der Waals surface area (Å²) in [4.78, 5) is 60.9. The molecule has 1 aliphatic heterocycles. The molecule has 13 heteroatoms. The number of nitrogens with zero attached hydrogens (tertiary/aromatic N) is 3. The van der Waals surface area contributed by atoms with E-state index in [1.165, 1.54) is 9.58 Å². The van der Waals surface area contributed by atoms with E-state index in [0.717, 1.165) is 18.3 Å². The Kier molecular flexibility index (Phi) is 6.48. The van der Waals surface area contributed by atoms with Gasteiger partial charge in [0, 0.05) is 50.0 Å². The van der Waals surface area contributed by atoms with Gasteiger partial charge in [0.2, 0.25) is 5.43 Å². The molecule has 0 radical (unpaired) electrons. The summed E-state index contributed by atoms with van der Waals surface area (Å²) in [6.45, 7) is 1.60. The van der Waals surface area contributed by atoms with Crippen LogP contribution in [0, 0.1) is 11.6 Å². The number of carbonyl (C=O) groups excluding carboxylic acids is 2. The van der Waals surface area contributed by atoms with E-state index in [9.17, 15) is 38.1 Å². The van der Waals surface area contributed by atoms with Crippen molar-refractivity contribution in [2.75, 3.05) is 18.6 Å². The first kappa shape index (κ1) is 25.9. The number of benzene rings is 1. The van der Waals surface area contributed by atoms with Crippen LogP contribution in [0.1, 0.15) is 52.6 Å². The molecule has 1 aromatic carbocycles. The zero-order chi connectivity index (χ0) is 26.6. The second-order valence-corrected chi connectivity index (χ2v) is 11.4. The minimum Gasteiger partial charge on any atom is -0.502 e. The van der Waals surface area contributed by atoms with Crippen LogP contribution in [0.15, 0.2) is 29.2 Å². The Balaban J connectivity index is 1.73. The molecular weight excluding hydrogens is 497 g/mol.